The molecule has 0 spiro atoms. The highest BCUT2D eigenvalue weighted by Crippen LogP contribution is 2.36. The molecule has 0 aliphatic carbocycles. The van der Waals surface area contributed by atoms with Crippen molar-refractivity contribution in [3.05, 3.63) is 39.2 Å². The Hall–Kier alpha value is -2.74. The van der Waals surface area contributed by atoms with Gasteiger partial charge in [-0.25, -0.2) is 4.68 Å². The van der Waals surface area contributed by atoms with Gasteiger partial charge in [-0.15, -0.1) is 11.5 Å². The molecule has 0 aliphatic heterocycles. The van der Waals surface area contributed by atoms with Crippen molar-refractivity contribution in [1.29, 1.82) is 0 Å². The summed E-state index contributed by atoms with van der Waals surface area (Å²) in [4.78, 5) is 12.4. The zero-order chi connectivity index (χ0) is 15.7. The SMILES string of the molecule is C#Cc1cc(C)cc(C)c1-c1c(O)c(OC)nn(C)c1=O. The molecule has 5 nitrogen and oxygen atoms in total. The predicted molar refractivity (Wildman–Crippen MR) is 80.5 cm³/mol. The quantitative estimate of drug-likeness (QED) is 0.853. The van der Waals surface area contributed by atoms with Crippen molar-refractivity contribution in [2.45, 2.75) is 13.8 Å². The van der Waals surface area contributed by atoms with Gasteiger partial charge >= 0.3 is 0 Å². The van der Waals surface area contributed by atoms with E-state index in [1.165, 1.54) is 14.2 Å². The molecule has 0 amide bonds. The van der Waals surface area contributed by atoms with Crippen LogP contribution in [0.3, 0.4) is 0 Å². The number of terminal acetylenes is 1. The van der Waals surface area contributed by atoms with E-state index in [-0.39, 0.29) is 17.2 Å². The normalized spacial score (nSPS) is 10.2. The second-order valence-corrected chi connectivity index (χ2v) is 4.81. The van der Waals surface area contributed by atoms with E-state index in [0.29, 0.717) is 11.1 Å². The van der Waals surface area contributed by atoms with Crippen molar-refractivity contribution in [1.82, 2.24) is 9.78 Å². The van der Waals surface area contributed by atoms with Gasteiger partial charge in [-0.3, -0.25) is 4.79 Å². The van der Waals surface area contributed by atoms with Crippen LogP contribution in [0.2, 0.25) is 0 Å². The molecule has 2 rings (SSSR count). The molecule has 5 heteroatoms. The minimum atomic E-state index is -0.434. The van der Waals surface area contributed by atoms with Gasteiger partial charge in [-0.1, -0.05) is 12.0 Å². The van der Waals surface area contributed by atoms with Crippen LogP contribution in [0, 0.1) is 26.2 Å². The first-order chi connectivity index (χ1) is 9.90. The fourth-order valence-electron chi connectivity index (χ4n) is 2.38. The summed E-state index contributed by atoms with van der Waals surface area (Å²) in [6, 6.07) is 3.70. The molecule has 1 N–H and O–H groups in total. The maximum Gasteiger partial charge on any atom is 0.278 e. The minimum absolute atomic E-state index is 0.0185. The monoisotopic (exact) mass is 284 g/mol. The lowest BCUT2D eigenvalue weighted by atomic mass is 9.94. The van der Waals surface area contributed by atoms with Crippen molar-refractivity contribution < 1.29 is 9.84 Å². The average molecular weight is 284 g/mol. The Labute approximate surface area is 122 Å². The van der Waals surface area contributed by atoms with Crippen molar-refractivity contribution >= 4 is 0 Å². The first kappa shape index (κ1) is 14.7. The number of hydrogen-bond donors (Lipinski definition) is 1. The lowest BCUT2D eigenvalue weighted by molar-refractivity contribution is 0.345. The topological polar surface area (TPSA) is 64.3 Å². The molecule has 0 unspecified atom stereocenters. The highest BCUT2D eigenvalue weighted by molar-refractivity contribution is 5.79. The van der Waals surface area contributed by atoms with E-state index < -0.39 is 5.56 Å². The summed E-state index contributed by atoms with van der Waals surface area (Å²) in [6.07, 6.45) is 5.55. The van der Waals surface area contributed by atoms with Crippen molar-refractivity contribution in [2.24, 2.45) is 7.05 Å². The Morgan fingerprint density at radius 2 is 2.00 bits per heavy atom. The molecular formula is C16H16N2O3. The summed E-state index contributed by atoms with van der Waals surface area (Å²) in [5.74, 6) is 2.25. The molecule has 0 saturated heterocycles. The highest BCUT2D eigenvalue weighted by Gasteiger charge is 2.21. The Balaban J connectivity index is 2.96. The number of aryl methyl sites for hydroxylation is 3. The highest BCUT2D eigenvalue weighted by atomic mass is 16.5. The third kappa shape index (κ3) is 2.36. The summed E-state index contributed by atoms with van der Waals surface area (Å²) < 4.78 is 6.13. The molecule has 1 heterocycles. The predicted octanol–water partition coefficient (Wildman–Crippen LogP) is 1.76. The van der Waals surface area contributed by atoms with E-state index in [1.54, 1.807) is 6.07 Å². The fraction of sp³-hybridized carbons (Fsp3) is 0.250. The molecule has 0 aliphatic rings. The standard InChI is InChI=1S/C16H16N2O3/c1-6-11-8-9(2)7-10(3)12(11)13-14(19)15(21-5)17-18(4)16(13)20/h1,7-8,19H,2-5H3. The maximum absolute atomic E-state index is 12.4. The zero-order valence-electron chi connectivity index (χ0n) is 12.4. The van der Waals surface area contributed by atoms with Gasteiger partial charge in [0.2, 0.25) is 0 Å². The Kier molecular flexibility index (Phi) is 3.72. The second-order valence-electron chi connectivity index (χ2n) is 4.81. The lowest BCUT2D eigenvalue weighted by Gasteiger charge is -2.14. The molecule has 0 fully saturated rings. The number of methoxy groups -OCH3 is 1. The van der Waals surface area contributed by atoms with E-state index >= 15 is 0 Å². The molecule has 0 atom stereocenters. The third-order valence-corrected chi connectivity index (χ3v) is 3.27. The van der Waals surface area contributed by atoms with Gasteiger partial charge in [0.1, 0.15) is 0 Å². The van der Waals surface area contributed by atoms with Crippen molar-refractivity contribution in [3.63, 3.8) is 0 Å². The van der Waals surface area contributed by atoms with E-state index in [1.807, 2.05) is 19.9 Å². The maximum atomic E-state index is 12.4. The van der Waals surface area contributed by atoms with Gasteiger partial charge in [0, 0.05) is 18.2 Å². The fourth-order valence-corrected chi connectivity index (χ4v) is 2.38. The molecule has 108 valence electrons. The molecule has 21 heavy (non-hydrogen) atoms. The number of benzene rings is 1. The first-order valence-corrected chi connectivity index (χ1v) is 6.33. The zero-order valence-corrected chi connectivity index (χ0v) is 12.4. The minimum Gasteiger partial charge on any atom is -0.502 e. The van der Waals surface area contributed by atoms with E-state index in [2.05, 4.69) is 11.0 Å². The van der Waals surface area contributed by atoms with Crippen LogP contribution in [0.15, 0.2) is 16.9 Å². The van der Waals surface area contributed by atoms with E-state index in [0.717, 1.165) is 15.8 Å². The van der Waals surface area contributed by atoms with Gasteiger partial charge in [-0.05, 0) is 31.0 Å². The summed E-state index contributed by atoms with van der Waals surface area (Å²) in [5, 5.41) is 14.2. The van der Waals surface area contributed by atoms with Crippen LogP contribution in [0.25, 0.3) is 11.1 Å². The van der Waals surface area contributed by atoms with Crippen LogP contribution in [0.5, 0.6) is 11.6 Å². The third-order valence-electron chi connectivity index (χ3n) is 3.27. The molecule has 2 aromatic rings. The molecular weight excluding hydrogens is 268 g/mol. The Bertz CT molecular complexity index is 814. The summed E-state index contributed by atoms with van der Waals surface area (Å²) in [5.41, 5.74) is 2.55. The molecule has 0 bridgehead atoms. The number of aromatic nitrogens is 2. The van der Waals surface area contributed by atoms with E-state index in [9.17, 15) is 9.90 Å². The Morgan fingerprint density at radius 1 is 1.33 bits per heavy atom. The first-order valence-electron chi connectivity index (χ1n) is 6.33. The Morgan fingerprint density at radius 3 is 2.57 bits per heavy atom. The molecule has 0 radical (unpaired) electrons. The van der Waals surface area contributed by atoms with Crippen LogP contribution in [-0.4, -0.2) is 22.0 Å². The van der Waals surface area contributed by atoms with Crippen LogP contribution in [0.4, 0.5) is 0 Å². The number of nitrogens with zero attached hydrogens (tertiary/aromatic N) is 2. The summed E-state index contributed by atoms with van der Waals surface area (Å²) in [7, 11) is 2.87. The smallest absolute Gasteiger partial charge is 0.278 e. The molecule has 1 aromatic carbocycles. The number of hydrogen-bond acceptors (Lipinski definition) is 4. The summed E-state index contributed by atoms with van der Waals surface area (Å²) >= 11 is 0. The van der Waals surface area contributed by atoms with Crippen molar-refractivity contribution in [2.75, 3.05) is 7.11 Å². The van der Waals surface area contributed by atoms with Crippen molar-refractivity contribution in [3.8, 4) is 35.1 Å². The van der Waals surface area contributed by atoms with Gasteiger partial charge in [0.05, 0.1) is 12.7 Å². The van der Waals surface area contributed by atoms with E-state index in [4.69, 9.17) is 11.2 Å². The molecule has 1 aromatic heterocycles. The van der Waals surface area contributed by atoms with Crippen LogP contribution in [-0.2, 0) is 7.05 Å². The second kappa shape index (κ2) is 5.33. The molecule has 0 saturated carbocycles. The largest absolute Gasteiger partial charge is 0.502 e. The van der Waals surface area contributed by atoms with Gasteiger partial charge in [0.25, 0.3) is 11.4 Å². The van der Waals surface area contributed by atoms with Crippen LogP contribution >= 0.6 is 0 Å². The van der Waals surface area contributed by atoms with Gasteiger partial charge < -0.3 is 9.84 Å². The van der Waals surface area contributed by atoms with Gasteiger partial charge in [-0.2, -0.15) is 0 Å². The number of ether oxygens (including phenoxy) is 1. The number of aromatic hydroxyl groups is 1. The lowest BCUT2D eigenvalue weighted by Crippen LogP contribution is -2.22. The van der Waals surface area contributed by atoms with Crippen LogP contribution < -0.4 is 10.3 Å². The van der Waals surface area contributed by atoms with Crippen LogP contribution in [0.1, 0.15) is 16.7 Å². The summed E-state index contributed by atoms with van der Waals surface area (Å²) in [6.45, 7) is 3.76. The van der Waals surface area contributed by atoms with Gasteiger partial charge in [0.15, 0.2) is 5.75 Å². The number of rotatable bonds is 2. The average Bonchev–Trinajstić information content (AvgIpc) is 2.44.